The Morgan fingerprint density at radius 1 is 1.42 bits per heavy atom. The highest BCUT2D eigenvalue weighted by molar-refractivity contribution is 5.95. The van der Waals surface area contributed by atoms with Crippen molar-refractivity contribution >= 4 is 11.7 Å². The van der Waals surface area contributed by atoms with E-state index in [1.54, 1.807) is 0 Å². The van der Waals surface area contributed by atoms with Crippen LogP contribution in [0, 0.1) is 5.82 Å². The first-order valence-corrected chi connectivity index (χ1v) is 6.49. The third kappa shape index (κ3) is 3.01. The summed E-state index contributed by atoms with van der Waals surface area (Å²) in [5, 5.41) is 2.93. The summed E-state index contributed by atoms with van der Waals surface area (Å²) < 4.78 is 13.9. The van der Waals surface area contributed by atoms with Crippen LogP contribution in [0.1, 0.15) is 49.4 Å². The van der Waals surface area contributed by atoms with Crippen LogP contribution in [0.25, 0.3) is 0 Å². The van der Waals surface area contributed by atoms with Crippen molar-refractivity contribution in [1.82, 2.24) is 10.3 Å². The molecule has 1 fully saturated rings. The van der Waals surface area contributed by atoms with Crippen LogP contribution < -0.4 is 16.6 Å². The predicted octanol–water partition coefficient (Wildman–Crippen LogP) is 1.96. The summed E-state index contributed by atoms with van der Waals surface area (Å²) in [5.74, 6) is 3.89. The molecule has 0 atom stereocenters. The summed E-state index contributed by atoms with van der Waals surface area (Å²) >= 11 is 0. The van der Waals surface area contributed by atoms with Gasteiger partial charge in [-0.25, -0.2) is 15.2 Å². The highest BCUT2D eigenvalue weighted by Crippen LogP contribution is 2.28. The zero-order valence-electron chi connectivity index (χ0n) is 11.0. The SMILES string of the molecule is CC1(NC(=O)c2ccnc(NN)c2F)CCCCC1. The molecule has 6 heteroatoms. The average Bonchev–Trinajstić information content (AvgIpc) is 2.39. The molecule has 104 valence electrons. The molecule has 0 aliphatic heterocycles. The Balaban J connectivity index is 2.16. The lowest BCUT2D eigenvalue weighted by molar-refractivity contribution is 0.0878. The fourth-order valence-electron chi connectivity index (χ4n) is 2.52. The summed E-state index contributed by atoms with van der Waals surface area (Å²) in [4.78, 5) is 15.9. The Bertz CT molecular complexity index is 472. The van der Waals surface area contributed by atoms with Crippen LogP contribution >= 0.6 is 0 Å². The van der Waals surface area contributed by atoms with E-state index in [2.05, 4.69) is 15.7 Å². The maximum atomic E-state index is 13.9. The van der Waals surface area contributed by atoms with Gasteiger partial charge >= 0.3 is 0 Å². The van der Waals surface area contributed by atoms with Crippen molar-refractivity contribution in [3.05, 3.63) is 23.6 Å². The minimum atomic E-state index is -0.720. The van der Waals surface area contributed by atoms with Crippen LogP contribution in [0.15, 0.2) is 12.3 Å². The summed E-state index contributed by atoms with van der Waals surface area (Å²) in [7, 11) is 0. The summed E-state index contributed by atoms with van der Waals surface area (Å²) in [6.45, 7) is 2.01. The van der Waals surface area contributed by atoms with Crippen LogP contribution in [-0.4, -0.2) is 16.4 Å². The lowest BCUT2D eigenvalue weighted by Gasteiger charge is -2.34. The summed E-state index contributed by atoms with van der Waals surface area (Å²) in [6.07, 6.45) is 6.57. The van der Waals surface area contributed by atoms with Crippen LogP contribution in [0.5, 0.6) is 0 Å². The minimum absolute atomic E-state index is 0.0326. The van der Waals surface area contributed by atoms with Crippen molar-refractivity contribution in [3.8, 4) is 0 Å². The Hall–Kier alpha value is -1.69. The third-order valence-electron chi connectivity index (χ3n) is 3.64. The van der Waals surface area contributed by atoms with E-state index in [0.29, 0.717) is 0 Å². The number of rotatable bonds is 3. The minimum Gasteiger partial charge on any atom is -0.347 e. The highest BCUT2D eigenvalue weighted by atomic mass is 19.1. The second kappa shape index (κ2) is 5.52. The largest absolute Gasteiger partial charge is 0.347 e. The van der Waals surface area contributed by atoms with E-state index in [0.717, 1.165) is 25.7 Å². The van der Waals surface area contributed by atoms with E-state index in [-0.39, 0.29) is 16.9 Å². The average molecular weight is 266 g/mol. The van der Waals surface area contributed by atoms with E-state index in [4.69, 9.17) is 5.84 Å². The Labute approximate surface area is 111 Å². The Kier molecular flexibility index (Phi) is 3.99. The van der Waals surface area contributed by atoms with Gasteiger partial charge in [-0.2, -0.15) is 0 Å². The van der Waals surface area contributed by atoms with Crippen LogP contribution in [0.4, 0.5) is 10.2 Å². The molecule has 1 heterocycles. The van der Waals surface area contributed by atoms with Crippen LogP contribution in [-0.2, 0) is 0 Å². The molecule has 0 spiro atoms. The maximum Gasteiger partial charge on any atom is 0.254 e. The first-order valence-electron chi connectivity index (χ1n) is 6.49. The standard InChI is InChI=1S/C13H19FN4O/c1-13(6-3-2-4-7-13)17-12(19)9-5-8-16-11(18-15)10(9)14/h5,8H,2-4,6-7,15H2,1H3,(H,16,18)(H,17,19). The number of pyridine rings is 1. The number of anilines is 1. The van der Waals surface area contributed by atoms with Gasteiger partial charge in [-0.15, -0.1) is 0 Å². The van der Waals surface area contributed by atoms with E-state index >= 15 is 0 Å². The maximum absolute atomic E-state index is 13.9. The fourth-order valence-corrected chi connectivity index (χ4v) is 2.52. The van der Waals surface area contributed by atoms with Gasteiger partial charge in [-0.3, -0.25) is 4.79 Å². The quantitative estimate of drug-likeness (QED) is 0.577. The number of nitrogens with zero attached hydrogens (tertiary/aromatic N) is 1. The molecule has 19 heavy (non-hydrogen) atoms. The summed E-state index contributed by atoms with van der Waals surface area (Å²) in [5.41, 5.74) is 1.86. The second-order valence-electron chi connectivity index (χ2n) is 5.24. The topological polar surface area (TPSA) is 80.0 Å². The van der Waals surface area contributed by atoms with Crippen molar-refractivity contribution in [3.63, 3.8) is 0 Å². The van der Waals surface area contributed by atoms with E-state index in [9.17, 15) is 9.18 Å². The van der Waals surface area contributed by atoms with Gasteiger partial charge < -0.3 is 10.7 Å². The highest BCUT2D eigenvalue weighted by Gasteiger charge is 2.29. The molecule has 0 aromatic carbocycles. The number of aromatic nitrogens is 1. The smallest absolute Gasteiger partial charge is 0.254 e. The molecule has 4 N–H and O–H groups in total. The van der Waals surface area contributed by atoms with Crippen molar-refractivity contribution in [2.45, 2.75) is 44.6 Å². The van der Waals surface area contributed by atoms with Gasteiger partial charge in [0.05, 0.1) is 5.56 Å². The number of hydrazine groups is 1. The molecule has 1 aliphatic rings. The van der Waals surface area contributed by atoms with Crippen LogP contribution in [0.3, 0.4) is 0 Å². The molecule has 0 bridgehead atoms. The van der Waals surface area contributed by atoms with Crippen molar-refractivity contribution in [2.75, 3.05) is 5.43 Å². The number of nitrogens with two attached hydrogens (primary N) is 1. The molecule has 1 amide bonds. The monoisotopic (exact) mass is 266 g/mol. The molecule has 1 aliphatic carbocycles. The van der Waals surface area contributed by atoms with Crippen molar-refractivity contribution in [2.24, 2.45) is 5.84 Å². The lowest BCUT2D eigenvalue weighted by Crippen LogP contribution is -2.47. The van der Waals surface area contributed by atoms with Crippen LogP contribution in [0.2, 0.25) is 0 Å². The third-order valence-corrected chi connectivity index (χ3v) is 3.64. The molecule has 0 saturated heterocycles. The molecule has 1 aromatic heterocycles. The molecule has 2 rings (SSSR count). The number of halogens is 1. The number of hydrogen-bond donors (Lipinski definition) is 3. The Morgan fingerprint density at radius 2 is 2.11 bits per heavy atom. The zero-order valence-corrected chi connectivity index (χ0v) is 11.0. The van der Waals surface area contributed by atoms with Gasteiger partial charge in [0.1, 0.15) is 0 Å². The molecular weight excluding hydrogens is 247 g/mol. The Morgan fingerprint density at radius 3 is 2.74 bits per heavy atom. The number of nitrogens with one attached hydrogen (secondary N) is 2. The van der Waals surface area contributed by atoms with E-state index in [1.165, 1.54) is 18.7 Å². The van der Waals surface area contributed by atoms with Crippen molar-refractivity contribution in [1.29, 1.82) is 0 Å². The first-order chi connectivity index (χ1) is 9.06. The molecule has 5 nitrogen and oxygen atoms in total. The normalized spacial score (nSPS) is 17.8. The van der Waals surface area contributed by atoms with Crippen molar-refractivity contribution < 1.29 is 9.18 Å². The molecule has 1 aromatic rings. The number of carbonyl (C=O) groups is 1. The van der Waals surface area contributed by atoms with Gasteiger partial charge in [0.2, 0.25) is 0 Å². The lowest BCUT2D eigenvalue weighted by atomic mass is 9.83. The van der Waals surface area contributed by atoms with Gasteiger partial charge in [-0.05, 0) is 25.8 Å². The van der Waals surface area contributed by atoms with Gasteiger partial charge in [0, 0.05) is 11.7 Å². The van der Waals surface area contributed by atoms with E-state index < -0.39 is 11.7 Å². The fraction of sp³-hybridized carbons (Fsp3) is 0.538. The van der Waals surface area contributed by atoms with Gasteiger partial charge in [-0.1, -0.05) is 19.3 Å². The first kappa shape index (κ1) is 13.7. The second-order valence-corrected chi connectivity index (χ2v) is 5.24. The molecule has 0 unspecified atom stereocenters. The van der Waals surface area contributed by atoms with E-state index in [1.807, 2.05) is 6.92 Å². The number of nitrogen functional groups attached to an aromatic ring is 1. The zero-order chi connectivity index (χ0) is 13.9. The number of hydrogen-bond acceptors (Lipinski definition) is 4. The van der Waals surface area contributed by atoms with Gasteiger partial charge in [0.15, 0.2) is 11.6 Å². The molecule has 1 saturated carbocycles. The predicted molar refractivity (Wildman–Crippen MR) is 71.0 cm³/mol. The van der Waals surface area contributed by atoms with Gasteiger partial charge in [0.25, 0.3) is 5.91 Å². The molecular formula is C13H19FN4O. The number of amides is 1. The molecule has 0 radical (unpaired) electrons. The summed E-state index contributed by atoms with van der Waals surface area (Å²) in [6, 6.07) is 1.36. The number of carbonyl (C=O) groups excluding carboxylic acids is 1.